The van der Waals surface area contributed by atoms with E-state index >= 15 is 0 Å². The summed E-state index contributed by atoms with van der Waals surface area (Å²) in [4.78, 5) is 33.3. The molecule has 0 unspecified atom stereocenters. The van der Waals surface area contributed by atoms with Crippen molar-refractivity contribution in [2.24, 2.45) is 0 Å². The van der Waals surface area contributed by atoms with Crippen molar-refractivity contribution in [3.63, 3.8) is 0 Å². The lowest BCUT2D eigenvalue weighted by Gasteiger charge is -2.32. The number of methoxy groups -OCH3 is 1. The molecule has 3 aromatic rings. The van der Waals surface area contributed by atoms with Gasteiger partial charge in [-0.25, -0.2) is 4.98 Å². The zero-order chi connectivity index (χ0) is 23.2. The van der Waals surface area contributed by atoms with Crippen molar-refractivity contribution in [3.8, 4) is 5.75 Å². The van der Waals surface area contributed by atoms with Gasteiger partial charge in [-0.1, -0.05) is 18.2 Å². The maximum atomic E-state index is 12.5. The van der Waals surface area contributed by atoms with Gasteiger partial charge >= 0.3 is 0 Å². The Morgan fingerprint density at radius 2 is 1.94 bits per heavy atom. The number of nitrogens with one attached hydrogen (secondary N) is 1. The Balaban J connectivity index is 1.39. The number of anilines is 1. The number of nitro benzene ring substituents is 1. The number of carbonyl (C=O) groups excluding carboxylic acids is 1. The number of non-ortho nitro benzene ring substituents is 1. The Hall–Kier alpha value is -3.85. The van der Waals surface area contributed by atoms with E-state index in [2.05, 4.69) is 20.2 Å². The van der Waals surface area contributed by atoms with Crippen LogP contribution in [0.2, 0.25) is 0 Å². The molecule has 9 heteroatoms. The molecule has 0 spiro atoms. The minimum Gasteiger partial charge on any atom is -0.495 e. The van der Waals surface area contributed by atoms with Crippen LogP contribution in [0, 0.1) is 10.1 Å². The van der Waals surface area contributed by atoms with E-state index in [-0.39, 0.29) is 22.2 Å². The van der Waals surface area contributed by atoms with Gasteiger partial charge in [0, 0.05) is 31.1 Å². The molecule has 4 rings (SSSR count). The fourth-order valence-electron chi connectivity index (χ4n) is 4.09. The van der Waals surface area contributed by atoms with Gasteiger partial charge in [0.25, 0.3) is 11.6 Å². The van der Waals surface area contributed by atoms with Crippen molar-refractivity contribution >= 4 is 17.3 Å². The number of nitro groups is 1. The van der Waals surface area contributed by atoms with Crippen molar-refractivity contribution in [1.82, 2.24) is 14.9 Å². The molecule has 1 aliphatic rings. The highest BCUT2D eigenvalue weighted by molar-refractivity contribution is 6.03. The van der Waals surface area contributed by atoms with Gasteiger partial charge in [-0.05, 0) is 55.1 Å². The van der Waals surface area contributed by atoms with Crippen LogP contribution in [-0.2, 0) is 6.54 Å². The Labute approximate surface area is 191 Å². The third kappa shape index (κ3) is 5.50. The molecule has 1 fully saturated rings. The highest BCUT2D eigenvalue weighted by Crippen LogP contribution is 2.34. The van der Waals surface area contributed by atoms with Crippen LogP contribution in [0.3, 0.4) is 0 Å². The third-order valence-corrected chi connectivity index (χ3v) is 5.88. The van der Waals surface area contributed by atoms with E-state index in [1.54, 1.807) is 19.2 Å². The number of carbonyl (C=O) groups is 1. The summed E-state index contributed by atoms with van der Waals surface area (Å²) >= 11 is 0. The predicted molar refractivity (Wildman–Crippen MR) is 123 cm³/mol. The molecule has 0 bridgehead atoms. The molecule has 1 saturated heterocycles. The lowest BCUT2D eigenvalue weighted by Crippen LogP contribution is -2.32. The topological polar surface area (TPSA) is 110 Å². The number of likely N-dealkylation sites (tertiary alicyclic amines) is 1. The summed E-state index contributed by atoms with van der Waals surface area (Å²) in [6.07, 6.45) is 6.39. The van der Waals surface area contributed by atoms with Gasteiger partial charge in [-0.2, -0.15) is 0 Å². The van der Waals surface area contributed by atoms with Crippen LogP contribution in [0.5, 0.6) is 5.75 Å². The average Bonchev–Trinajstić information content (AvgIpc) is 2.85. The fourth-order valence-corrected chi connectivity index (χ4v) is 4.09. The largest absolute Gasteiger partial charge is 0.495 e. The lowest BCUT2D eigenvalue weighted by atomic mass is 9.89. The first-order valence-corrected chi connectivity index (χ1v) is 10.7. The highest BCUT2D eigenvalue weighted by atomic mass is 16.6. The van der Waals surface area contributed by atoms with E-state index in [1.807, 2.05) is 30.3 Å². The van der Waals surface area contributed by atoms with E-state index in [0.717, 1.165) is 43.6 Å². The summed E-state index contributed by atoms with van der Waals surface area (Å²) < 4.78 is 5.43. The van der Waals surface area contributed by atoms with Crippen LogP contribution in [0.25, 0.3) is 0 Å². The molecule has 33 heavy (non-hydrogen) atoms. The molecule has 9 nitrogen and oxygen atoms in total. The monoisotopic (exact) mass is 447 g/mol. The molecule has 1 aromatic heterocycles. The molecule has 170 valence electrons. The van der Waals surface area contributed by atoms with Gasteiger partial charge in [0.05, 0.1) is 23.9 Å². The van der Waals surface area contributed by atoms with Gasteiger partial charge < -0.3 is 10.1 Å². The van der Waals surface area contributed by atoms with Gasteiger partial charge in [-0.3, -0.25) is 24.8 Å². The van der Waals surface area contributed by atoms with Crippen LogP contribution in [-0.4, -0.2) is 45.9 Å². The smallest absolute Gasteiger partial charge is 0.275 e. The molecule has 2 heterocycles. The number of nitrogens with zero attached hydrogens (tertiary/aromatic N) is 4. The van der Waals surface area contributed by atoms with Crippen LogP contribution >= 0.6 is 0 Å². The first kappa shape index (κ1) is 22.3. The molecule has 1 aliphatic heterocycles. The van der Waals surface area contributed by atoms with E-state index in [9.17, 15) is 14.9 Å². The number of hydrogen-bond acceptors (Lipinski definition) is 7. The zero-order valence-corrected chi connectivity index (χ0v) is 18.3. The Bertz CT molecular complexity index is 1110. The van der Waals surface area contributed by atoms with Crippen molar-refractivity contribution in [3.05, 3.63) is 88.0 Å². The number of piperidine rings is 1. The predicted octanol–water partition coefficient (Wildman–Crippen LogP) is 4.03. The summed E-state index contributed by atoms with van der Waals surface area (Å²) in [5.41, 5.74) is 3.18. The normalized spacial score (nSPS) is 14.6. The molecule has 1 N–H and O–H groups in total. The maximum Gasteiger partial charge on any atom is 0.275 e. The number of amides is 1. The van der Waals surface area contributed by atoms with Crippen molar-refractivity contribution in [1.29, 1.82) is 0 Å². The second-order valence-electron chi connectivity index (χ2n) is 7.98. The third-order valence-electron chi connectivity index (χ3n) is 5.88. The molecule has 1 amide bonds. The van der Waals surface area contributed by atoms with Crippen molar-refractivity contribution in [2.45, 2.75) is 25.3 Å². The fraction of sp³-hybridized carbons (Fsp3) is 0.292. The van der Waals surface area contributed by atoms with Crippen LogP contribution < -0.4 is 10.1 Å². The minimum absolute atomic E-state index is 0.110. The molecule has 0 radical (unpaired) electrons. The first-order valence-electron chi connectivity index (χ1n) is 10.7. The number of ether oxygens (including phenoxy) is 1. The number of hydrogen-bond donors (Lipinski definition) is 1. The molecule has 0 saturated carbocycles. The summed E-state index contributed by atoms with van der Waals surface area (Å²) in [5.74, 6) is 0.624. The minimum atomic E-state index is -0.381. The quantitative estimate of drug-likeness (QED) is 0.430. The second kappa shape index (κ2) is 10.2. The molecule has 0 aliphatic carbocycles. The average molecular weight is 447 g/mol. The van der Waals surface area contributed by atoms with Crippen molar-refractivity contribution in [2.75, 3.05) is 25.5 Å². The SMILES string of the molecule is COc1ccc(C2CCN(Cc3ccc([N+](=O)[O-])cc3)CC2)cc1NC(=O)c1cnccn1. The van der Waals surface area contributed by atoms with Crippen LogP contribution in [0.1, 0.15) is 40.4 Å². The van der Waals surface area contributed by atoms with E-state index < -0.39 is 0 Å². The number of rotatable bonds is 7. The lowest BCUT2D eigenvalue weighted by molar-refractivity contribution is -0.384. The Morgan fingerprint density at radius 3 is 2.58 bits per heavy atom. The van der Waals surface area contributed by atoms with Gasteiger partial charge in [0.1, 0.15) is 11.4 Å². The van der Waals surface area contributed by atoms with Crippen molar-refractivity contribution < 1.29 is 14.5 Å². The number of aromatic nitrogens is 2. The summed E-state index contributed by atoms with van der Waals surface area (Å²) in [5, 5.41) is 13.7. The summed E-state index contributed by atoms with van der Waals surface area (Å²) in [7, 11) is 1.57. The molecular formula is C24H25N5O4. The molecule has 0 atom stereocenters. The van der Waals surface area contributed by atoms with E-state index in [4.69, 9.17) is 4.74 Å². The van der Waals surface area contributed by atoms with E-state index in [0.29, 0.717) is 17.4 Å². The van der Waals surface area contributed by atoms with E-state index in [1.165, 1.54) is 18.6 Å². The standard InChI is InChI=1S/C24H25N5O4/c1-33-23-7-4-19(14-21(23)27-24(30)22-15-25-10-11-26-22)18-8-12-28(13-9-18)16-17-2-5-20(6-3-17)29(31)32/h2-7,10-11,14-15,18H,8-9,12-13,16H2,1H3,(H,27,30). The number of benzene rings is 2. The first-order chi connectivity index (χ1) is 16.0. The van der Waals surface area contributed by atoms with Crippen LogP contribution in [0.15, 0.2) is 61.1 Å². The summed E-state index contributed by atoms with van der Waals surface area (Å²) in [6, 6.07) is 12.6. The van der Waals surface area contributed by atoms with Gasteiger partial charge in [-0.15, -0.1) is 0 Å². The Morgan fingerprint density at radius 1 is 1.18 bits per heavy atom. The zero-order valence-electron chi connectivity index (χ0n) is 18.3. The van der Waals surface area contributed by atoms with Gasteiger partial charge in [0.15, 0.2) is 0 Å². The second-order valence-corrected chi connectivity index (χ2v) is 7.98. The Kier molecular flexibility index (Phi) is 6.89. The molecular weight excluding hydrogens is 422 g/mol. The highest BCUT2D eigenvalue weighted by Gasteiger charge is 2.22. The molecule has 2 aromatic carbocycles. The van der Waals surface area contributed by atoms with Gasteiger partial charge in [0.2, 0.25) is 0 Å². The van der Waals surface area contributed by atoms with Crippen LogP contribution in [0.4, 0.5) is 11.4 Å². The maximum absolute atomic E-state index is 12.5. The summed E-state index contributed by atoms with van der Waals surface area (Å²) in [6.45, 7) is 2.62.